The number of hydrogen-bond acceptors (Lipinski definition) is 6. The Balaban J connectivity index is 2.14. The van der Waals surface area contributed by atoms with E-state index >= 15 is 0 Å². The fourth-order valence-corrected chi connectivity index (χ4v) is 1.13. The topological polar surface area (TPSA) is 93.3 Å². The number of aromatic hydroxyl groups is 1. The average Bonchev–Trinajstić information content (AvgIpc) is 2.30. The maximum atomic E-state index is 9.24. The molecule has 2 rings (SSSR count). The molecule has 0 spiro atoms. The Morgan fingerprint density at radius 2 is 1.94 bits per heavy atom. The molecular weight excluding hydrogens is 208 g/mol. The molecule has 0 aliphatic rings. The van der Waals surface area contributed by atoms with Crippen LogP contribution >= 0.6 is 0 Å². The molecule has 0 saturated heterocycles. The van der Waals surface area contributed by atoms with Crippen molar-refractivity contribution in [3.63, 3.8) is 0 Å². The Bertz CT molecular complexity index is 473. The maximum Gasteiger partial charge on any atom is 0.237 e. The van der Waals surface area contributed by atoms with Crippen LogP contribution in [0.15, 0.2) is 36.7 Å². The van der Waals surface area contributed by atoms with Crippen LogP contribution in [0.3, 0.4) is 0 Å². The van der Waals surface area contributed by atoms with Crippen LogP contribution in [0.1, 0.15) is 0 Å². The standard InChI is InChI=1S/C10H10N4O2/c11-14-10-12-5-9(6-13-10)16-8-3-1-2-7(15)4-8/h1-6,15H,11H2,(H,12,13,14). The number of hydrazine groups is 1. The van der Waals surface area contributed by atoms with Gasteiger partial charge in [-0.15, -0.1) is 0 Å². The van der Waals surface area contributed by atoms with Crippen LogP contribution in [-0.4, -0.2) is 15.1 Å². The SMILES string of the molecule is NNc1ncc(Oc2cccc(O)c2)cn1. The number of nitrogen functional groups attached to an aromatic ring is 1. The number of benzene rings is 1. The molecule has 1 aromatic carbocycles. The Morgan fingerprint density at radius 1 is 1.19 bits per heavy atom. The minimum atomic E-state index is 0.138. The lowest BCUT2D eigenvalue weighted by Gasteiger charge is -2.05. The van der Waals surface area contributed by atoms with Crippen LogP contribution in [0.25, 0.3) is 0 Å². The highest BCUT2D eigenvalue weighted by Crippen LogP contribution is 2.23. The number of phenolic OH excluding ortho intramolecular Hbond substituents is 1. The van der Waals surface area contributed by atoms with E-state index in [-0.39, 0.29) is 5.75 Å². The third-order valence-electron chi connectivity index (χ3n) is 1.81. The summed E-state index contributed by atoms with van der Waals surface area (Å²) in [6.07, 6.45) is 2.96. The summed E-state index contributed by atoms with van der Waals surface area (Å²) >= 11 is 0. The van der Waals surface area contributed by atoms with E-state index in [1.165, 1.54) is 18.5 Å². The molecule has 1 aromatic heterocycles. The minimum Gasteiger partial charge on any atom is -0.508 e. The van der Waals surface area contributed by atoms with Gasteiger partial charge < -0.3 is 9.84 Å². The number of nitrogens with zero attached hydrogens (tertiary/aromatic N) is 2. The number of ether oxygens (including phenoxy) is 1. The number of rotatable bonds is 3. The number of aromatic nitrogens is 2. The zero-order valence-electron chi connectivity index (χ0n) is 8.29. The van der Waals surface area contributed by atoms with Gasteiger partial charge in [-0.1, -0.05) is 6.07 Å². The van der Waals surface area contributed by atoms with Crippen molar-refractivity contribution in [1.82, 2.24) is 9.97 Å². The van der Waals surface area contributed by atoms with Crippen LogP contribution < -0.4 is 16.0 Å². The van der Waals surface area contributed by atoms with Crippen LogP contribution in [0.5, 0.6) is 17.2 Å². The van der Waals surface area contributed by atoms with Gasteiger partial charge in [0.15, 0.2) is 5.75 Å². The second-order valence-electron chi connectivity index (χ2n) is 2.99. The first-order valence-electron chi connectivity index (χ1n) is 4.53. The van der Waals surface area contributed by atoms with Crippen molar-refractivity contribution in [3.8, 4) is 17.2 Å². The second kappa shape index (κ2) is 4.45. The fourth-order valence-electron chi connectivity index (χ4n) is 1.13. The molecule has 0 saturated carbocycles. The fraction of sp³-hybridized carbons (Fsp3) is 0. The predicted molar refractivity (Wildman–Crippen MR) is 58.0 cm³/mol. The molecule has 82 valence electrons. The first-order valence-corrected chi connectivity index (χ1v) is 4.53. The summed E-state index contributed by atoms with van der Waals surface area (Å²) in [6, 6.07) is 6.45. The number of hydrogen-bond donors (Lipinski definition) is 3. The monoisotopic (exact) mass is 218 g/mol. The maximum absolute atomic E-state index is 9.24. The van der Waals surface area contributed by atoms with Gasteiger partial charge >= 0.3 is 0 Å². The third-order valence-corrected chi connectivity index (χ3v) is 1.81. The van der Waals surface area contributed by atoms with Crippen LogP contribution in [0.2, 0.25) is 0 Å². The van der Waals surface area contributed by atoms with Crippen molar-refractivity contribution in [3.05, 3.63) is 36.7 Å². The van der Waals surface area contributed by atoms with Crippen LogP contribution in [-0.2, 0) is 0 Å². The summed E-state index contributed by atoms with van der Waals surface area (Å²) in [5, 5.41) is 9.24. The van der Waals surface area contributed by atoms with Crippen molar-refractivity contribution in [2.45, 2.75) is 0 Å². The number of phenols is 1. The van der Waals surface area contributed by atoms with E-state index in [1.54, 1.807) is 18.2 Å². The Morgan fingerprint density at radius 3 is 2.56 bits per heavy atom. The quantitative estimate of drug-likeness (QED) is 0.530. The van der Waals surface area contributed by atoms with Crippen molar-refractivity contribution in [2.24, 2.45) is 5.84 Å². The van der Waals surface area contributed by atoms with Crippen molar-refractivity contribution < 1.29 is 9.84 Å². The molecule has 6 nitrogen and oxygen atoms in total. The minimum absolute atomic E-state index is 0.138. The van der Waals surface area contributed by atoms with Crippen molar-refractivity contribution in [1.29, 1.82) is 0 Å². The van der Waals surface area contributed by atoms with E-state index in [4.69, 9.17) is 10.6 Å². The highest BCUT2D eigenvalue weighted by atomic mass is 16.5. The van der Waals surface area contributed by atoms with Gasteiger partial charge in [-0.25, -0.2) is 15.8 Å². The third kappa shape index (κ3) is 2.37. The number of nitrogens with two attached hydrogens (primary N) is 1. The van der Waals surface area contributed by atoms with E-state index in [2.05, 4.69) is 15.4 Å². The normalized spacial score (nSPS) is 9.81. The van der Waals surface area contributed by atoms with Crippen molar-refractivity contribution in [2.75, 3.05) is 5.43 Å². The van der Waals surface area contributed by atoms with Gasteiger partial charge in [-0.05, 0) is 12.1 Å². The molecule has 6 heteroatoms. The highest BCUT2D eigenvalue weighted by Gasteiger charge is 1.99. The molecule has 0 atom stereocenters. The van der Waals surface area contributed by atoms with Gasteiger partial charge in [0.2, 0.25) is 5.95 Å². The van der Waals surface area contributed by atoms with E-state index in [0.29, 0.717) is 17.4 Å². The Labute approximate surface area is 91.7 Å². The van der Waals surface area contributed by atoms with E-state index in [1.807, 2.05) is 0 Å². The summed E-state index contributed by atoms with van der Waals surface area (Å²) in [4.78, 5) is 7.76. The summed E-state index contributed by atoms with van der Waals surface area (Å²) in [7, 11) is 0. The van der Waals surface area contributed by atoms with Gasteiger partial charge in [-0.3, -0.25) is 5.43 Å². The number of nitrogens with one attached hydrogen (secondary N) is 1. The lowest BCUT2D eigenvalue weighted by atomic mass is 10.3. The molecular formula is C10H10N4O2. The lowest BCUT2D eigenvalue weighted by Crippen LogP contribution is -2.09. The zero-order valence-corrected chi connectivity index (χ0v) is 8.29. The van der Waals surface area contributed by atoms with E-state index < -0.39 is 0 Å². The van der Waals surface area contributed by atoms with Gasteiger partial charge in [-0.2, -0.15) is 0 Å². The average molecular weight is 218 g/mol. The van der Waals surface area contributed by atoms with Gasteiger partial charge in [0.25, 0.3) is 0 Å². The van der Waals surface area contributed by atoms with Gasteiger partial charge in [0.05, 0.1) is 12.4 Å². The zero-order chi connectivity index (χ0) is 11.4. The Hall–Kier alpha value is -2.34. The molecule has 0 amide bonds. The van der Waals surface area contributed by atoms with E-state index in [9.17, 15) is 5.11 Å². The summed E-state index contributed by atoms with van der Waals surface area (Å²) in [5.74, 6) is 6.54. The largest absolute Gasteiger partial charge is 0.508 e. The van der Waals surface area contributed by atoms with Crippen molar-refractivity contribution >= 4 is 5.95 Å². The van der Waals surface area contributed by atoms with Gasteiger partial charge in [0, 0.05) is 6.07 Å². The molecule has 0 aliphatic carbocycles. The highest BCUT2D eigenvalue weighted by molar-refractivity contribution is 5.35. The second-order valence-corrected chi connectivity index (χ2v) is 2.99. The molecule has 1 heterocycles. The first-order chi connectivity index (χ1) is 7.78. The lowest BCUT2D eigenvalue weighted by molar-refractivity contribution is 0.453. The van der Waals surface area contributed by atoms with Gasteiger partial charge in [0.1, 0.15) is 11.5 Å². The first kappa shape index (κ1) is 10.2. The Kier molecular flexibility index (Phi) is 2.84. The van der Waals surface area contributed by atoms with E-state index in [0.717, 1.165) is 0 Å². The smallest absolute Gasteiger partial charge is 0.237 e. The molecule has 0 unspecified atom stereocenters. The molecule has 0 aliphatic heterocycles. The molecule has 4 N–H and O–H groups in total. The molecule has 0 bridgehead atoms. The number of anilines is 1. The molecule has 0 radical (unpaired) electrons. The van der Waals surface area contributed by atoms with Crippen LogP contribution in [0, 0.1) is 0 Å². The molecule has 16 heavy (non-hydrogen) atoms. The summed E-state index contributed by atoms with van der Waals surface area (Å²) in [5.41, 5.74) is 2.31. The van der Waals surface area contributed by atoms with Crippen LogP contribution in [0.4, 0.5) is 5.95 Å². The summed E-state index contributed by atoms with van der Waals surface area (Å²) in [6.45, 7) is 0. The predicted octanol–water partition coefficient (Wildman–Crippen LogP) is 1.26. The summed E-state index contributed by atoms with van der Waals surface area (Å²) < 4.78 is 5.41. The molecule has 0 fully saturated rings. The molecule has 2 aromatic rings.